The van der Waals surface area contributed by atoms with Gasteiger partial charge in [-0.05, 0) is 56.2 Å². The predicted octanol–water partition coefficient (Wildman–Crippen LogP) is 3.44. The number of amides is 2. The third-order valence-corrected chi connectivity index (χ3v) is 6.74. The molecular weight excluding hydrogens is 398 g/mol. The molecule has 1 atom stereocenters. The third kappa shape index (κ3) is 4.25. The molecule has 0 radical (unpaired) electrons. The van der Waals surface area contributed by atoms with E-state index in [4.69, 9.17) is 14.7 Å². The SMILES string of the molecule is C[C@H]1COCCN1c1nc(-c2ccc(NC(=O)NC3CC3)cc2)nc2c1CSCC2. The van der Waals surface area contributed by atoms with Crippen LogP contribution in [0.5, 0.6) is 0 Å². The van der Waals surface area contributed by atoms with Gasteiger partial charge in [0.05, 0.1) is 24.9 Å². The van der Waals surface area contributed by atoms with E-state index >= 15 is 0 Å². The van der Waals surface area contributed by atoms with Crippen LogP contribution in [-0.4, -0.2) is 53.6 Å². The number of carbonyl (C=O) groups excluding carboxylic acids is 1. The molecule has 30 heavy (non-hydrogen) atoms. The number of aryl methyl sites for hydroxylation is 1. The monoisotopic (exact) mass is 425 g/mol. The Hall–Kier alpha value is -2.32. The summed E-state index contributed by atoms with van der Waals surface area (Å²) in [7, 11) is 0. The van der Waals surface area contributed by atoms with Crippen LogP contribution < -0.4 is 15.5 Å². The second-order valence-electron chi connectivity index (χ2n) is 8.17. The van der Waals surface area contributed by atoms with Crippen LogP contribution in [0, 0.1) is 0 Å². The second-order valence-corrected chi connectivity index (χ2v) is 9.27. The zero-order chi connectivity index (χ0) is 20.5. The number of ether oxygens (including phenoxy) is 1. The van der Waals surface area contributed by atoms with E-state index in [-0.39, 0.29) is 6.03 Å². The normalized spacial score (nSPS) is 21.1. The van der Waals surface area contributed by atoms with Gasteiger partial charge in [-0.2, -0.15) is 11.8 Å². The van der Waals surface area contributed by atoms with Crippen LogP contribution in [-0.2, 0) is 16.9 Å². The third-order valence-electron chi connectivity index (χ3n) is 5.75. The lowest BCUT2D eigenvalue weighted by Gasteiger charge is -2.36. The number of morpholine rings is 1. The van der Waals surface area contributed by atoms with Crippen molar-refractivity contribution in [1.82, 2.24) is 15.3 Å². The van der Waals surface area contributed by atoms with Crippen LogP contribution in [0.4, 0.5) is 16.3 Å². The number of rotatable bonds is 4. The quantitative estimate of drug-likeness (QED) is 0.781. The molecule has 8 heteroatoms. The van der Waals surface area contributed by atoms with Crippen molar-refractivity contribution in [2.75, 3.05) is 35.7 Å². The molecule has 1 aliphatic carbocycles. The van der Waals surface area contributed by atoms with E-state index in [1.807, 2.05) is 36.0 Å². The van der Waals surface area contributed by atoms with Crippen molar-refractivity contribution < 1.29 is 9.53 Å². The Balaban J connectivity index is 1.42. The number of thioether (sulfide) groups is 1. The molecule has 2 aromatic rings. The molecule has 3 heterocycles. The van der Waals surface area contributed by atoms with Gasteiger partial charge in [-0.25, -0.2) is 14.8 Å². The average molecular weight is 426 g/mol. The maximum atomic E-state index is 12.0. The molecular formula is C22H27N5O2S. The molecule has 1 saturated heterocycles. The number of hydrogen-bond donors (Lipinski definition) is 2. The number of benzene rings is 1. The first kappa shape index (κ1) is 19.6. The van der Waals surface area contributed by atoms with Gasteiger partial charge in [-0.3, -0.25) is 0 Å². The maximum absolute atomic E-state index is 12.0. The van der Waals surface area contributed by atoms with E-state index in [1.165, 1.54) is 11.3 Å². The maximum Gasteiger partial charge on any atom is 0.319 e. The minimum Gasteiger partial charge on any atom is -0.377 e. The molecule has 0 spiro atoms. The highest BCUT2D eigenvalue weighted by atomic mass is 32.2. The molecule has 7 nitrogen and oxygen atoms in total. The predicted molar refractivity (Wildman–Crippen MR) is 120 cm³/mol. The highest BCUT2D eigenvalue weighted by Crippen LogP contribution is 2.34. The van der Waals surface area contributed by atoms with Gasteiger partial charge in [0.25, 0.3) is 0 Å². The van der Waals surface area contributed by atoms with Gasteiger partial charge in [-0.15, -0.1) is 0 Å². The molecule has 2 fully saturated rings. The topological polar surface area (TPSA) is 79.4 Å². The van der Waals surface area contributed by atoms with E-state index in [1.54, 1.807) is 0 Å². The Labute approximate surface area is 181 Å². The van der Waals surface area contributed by atoms with Gasteiger partial charge < -0.3 is 20.3 Å². The summed E-state index contributed by atoms with van der Waals surface area (Å²) in [5.74, 6) is 3.88. The molecule has 0 unspecified atom stereocenters. The van der Waals surface area contributed by atoms with Crippen LogP contribution in [0.2, 0.25) is 0 Å². The van der Waals surface area contributed by atoms with E-state index in [0.717, 1.165) is 73.4 Å². The first-order valence-corrected chi connectivity index (χ1v) is 11.8. The summed E-state index contributed by atoms with van der Waals surface area (Å²) in [5.41, 5.74) is 4.18. The number of fused-ring (bicyclic) bond motifs is 1. The summed E-state index contributed by atoms with van der Waals surface area (Å²) in [6, 6.07) is 8.30. The molecule has 2 aliphatic heterocycles. The van der Waals surface area contributed by atoms with Crippen LogP contribution >= 0.6 is 11.8 Å². The number of urea groups is 1. The van der Waals surface area contributed by atoms with E-state index < -0.39 is 0 Å². The van der Waals surface area contributed by atoms with E-state index in [9.17, 15) is 4.79 Å². The van der Waals surface area contributed by atoms with Gasteiger partial charge in [0.15, 0.2) is 5.82 Å². The van der Waals surface area contributed by atoms with Crippen molar-refractivity contribution in [2.45, 2.75) is 44.0 Å². The van der Waals surface area contributed by atoms with E-state index in [0.29, 0.717) is 12.1 Å². The molecule has 5 rings (SSSR count). The Morgan fingerprint density at radius 1 is 1.23 bits per heavy atom. The molecule has 3 aliphatic rings. The second kappa shape index (κ2) is 8.43. The smallest absolute Gasteiger partial charge is 0.319 e. The highest BCUT2D eigenvalue weighted by molar-refractivity contribution is 7.98. The van der Waals surface area contributed by atoms with E-state index in [2.05, 4.69) is 22.5 Å². The van der Waals surface area contributed by atoms with Gasteiger partial charge >= 0.3 is 6.03 Å². The number of nitrogens with one attached hydrogen (secondary N) is 2. The molecule has 1 aromatic carbocycles. The van der Waals surface area contributed by atoms with Crippen LogP contribution in [0.25, 0.3) is 11.4 Å². The van der Waals surface area contributed by atoms with Gasteiger partial charge in [0.2, 0.25) is 0 Å². The fraction of sp³-hybridized carbons (Fsp3) is 0.500. The molecule has 0 bridgehead atoms. The van der Waals surface area contributed by atoms with Crippen molar-refractivity contribution in [2.24, 2.45) is 0 Å². The molecule has 158 valence electrons. The fourth-order valence-electron chi connectivity index (χ4n) is 3.91. The lowest BCUT2D eigenvalue weighted by molar-refractivity contribution is 0.0984. The highest BCUT2D eigenvalue weighted by Gasteiger charge is 2.27. The summed E-state index contributed by atoms with van der Waals surface area (Å²) in [6.07, 6.45) is 3.12. The summed E-state index contributed by atoms with van der Waals surface area (Å²) in [4.78, 5) is 24.3. The van der Waals surface area contributed by atoms with Crippen molar-refractivity contribution in [3.63, 3.8) is 0 Å². The van der Waals surface area contributed by atoms with Gasteiger partial charge in [0, 0.05) is 35.2 Å². The largest absolute Gasteiger partial charge is 0.377 e. The molecule has 1 saturated carbocycles. The first-order chi connectivity index (χ1) is 14.7. The number of nitrogens with zero attached hydrogens (tertiary/aromatic N) is 3. The lowest BCUT2D eigenvalue weighted by atomic mass is 10.1. The standard InChI is InChI=1S/C22H27N5O2S/c1-14-12-29-10-9-27(14)21-18-13-30-11-8-19(18)25-20(26-21)15-2-4-16(5-3-15)23-22(28)24-17-6-7-17/h2-5,14,17H,6-13H2,1H3,(H2,23,24,28)/t14-/m0/s1. The van der Waals surface area contributed by atoms with Gasteiger partial charge in [0.1, 0.15) is 5.82 Å². The number of hydrogen-bond acceptors (Lipinski definition) is 6. The Morgan fingerprint density at radius 2 is 2.07 bits per heavy atom. The van der Waals surface area contributed by atoms with Crippen LogP contribution in [0.1, 0.15) is 31.0 Å². The minimum absolute atomic E-state index is 0.142. The summed E-state index contributed by atoms with van der Waals surface area (Å²) >= 11 is 1.95. The number of aromatic nitrogens is 2. The zero-order valence-electron chi connectivity index (χ0n) is 17.2. The number of anilines is 2. The fourth-order valence-corrected chi connectivity index (χ4v) is 4.89. The molecule has 2 amide bonds. The van der Waals surface area contributed by atoms with Crippen molar-refractivity contribution in [1.29, 1.82) is 0 Å². The van der Waals surface area contributed by atoms with Crippen molar-refractivity contribution in [3.8, 4) is 11.4 Å². The Kier molecular flexibility index (Phi) is 5.52. The van der Waals surface area contributed by atoms with Crippen LogP contribution in [0.3, 0.4) is 0 Å². The molecule has 2 N–H and O–H groups in total. The average Bonchev–Trinajstić information content (AvgIpc) is 3.58. The Morgan fingerprint density at radius 3 is 2.83 bits per heavy atom. The summed E-state index contributed by atoms with van der Waals surface area (Å²) < 4.78 is 5.64. The first-order valence-electron chi connectivity index (χ1n) is 10.7. The van der Waals surface area contributed by atoms with Gasteiger partial charge in [-0.1, -0.05) is 0 Å². The number of carbonyl (C=O) groups is 1. The lowest BCUT2D eigenvalue weighted by Crippen LogP contribution is -2.45. The van der Waals surface area contributed by atoms with Crippen molar-refractivity contribution >= 4 is 29.3 Å². The van der Waals surface area contributed by atoms with Crippen LogP contribution in [0.15, 0.2) is 24.3 Å². The zero-order valence-corrected chi connectivity index (χ0v) is 18.0. The van der Waals surface area contributed by atoms with Crippen molar-refractivity contribution in [3.05, 3.63) is 35.5 Å². The molecule has 1 aromatic heterocycles. The summed E-state index contributed by atoms with van der Waals surface area (Å²) in [6.45, 7) is 4.50. The minimum atomic E-state index is -0.142. The Bertz CT molecular complexity index is 932. The summed E-state index contributed by atoms with van der Waals surface area (Å²) in [5, 5.41) is 5.83.